The summed E-state index contributed by atoms with van der Waals surface area (Å²) >= 11 is 0. The van der Waals surface area contributed by atoms with Gasteiger partial charge in [0.25, 0.3) is 0 Å². The summed E-state index contributed by atoms with van der Waals surface area (Å²) in [5, 5.41) is 5.94. The molecule has 1 atom stereocenters. The molecule has 1 saturated heterocycles. The van der Waals surface area contributed by atoms with Gasteiger partial charge >= 0.3 is 0 Å². The maximum absolute atomic E-state index is 12.9. The van der Waals surface area contributed by atoms with E-state index in [1.807, 2.05) is 56.3 Å². The number of ether oxygens (including phenoxy) is 1. The number of nitrogens with one attached hydrogen (secondary N) is 2. The number of rotatable bonds is 9. The van der Waals surface area contributed by atoms with E-state index in [0.29, 0.717) is 6.54 Å². The van der Waals surface area contributed by atoms with Crippen molar-refractivity contribution in [1.29, 1.82) is 0 Å². The van der Waals surface area contributed by atoms with E-state index in [-0.39, 0.29) is 24.2 Å². The topological polar surface area (TPSA) is 70.7 Å². The molecule has 0 unspecified atom stereocenters. The average molecular weight is 424 g/mol. The standard InChI is InChI=1S/C25H33N3O3/c1-19(2)24(27-23(29)16-20-8-4-3-5-9-20)25(30)26-17-21-10-6-7-11-22(21)18-28-12-14-31-15-13-28/h3-11,19,24H,12-18H2,1-2H3,(H,26,30)(H,27,29)/t24-/m0/s1. The third-order valence-electron chi connectivity index (χ3n) is 5.54. The number of carbonyl (C=O) groups excluding carboxylic acids is 2. The highest BCUT2D eigenvalue weighted by molar-refractivity contribution is 5.88. The molecule has 2 amide bonds. The van der Waals surface area contributed by atoms with Gasteiger partial charge in [0, 0.05) is 26.2 Å². The third kappa shape index (κ3) is 7.19. The van der Waals surface area contributed by atoms with Crippen LogP contribution in [0.3, 0.4) is 0 Å². The summed E-state index contributed by atoms with van der Waals surface area (Å²) in [5.41, 5.74) is 3.24. The van der Waals surface area contributed by atoms with Crippen LogP contribution < -0.4 is 10.6 Å². The van der Waals surface area contributed by atoms with Crippen molar-refractivity contribution < 1.29 is 14.3 Å². The lowest BCUT2D eigenvalue weighted by molar-refractivity contribution is -0.129. The first-order valence-electron chi connectivity index (χ1n) is 11.0. The highest BCUT2D eigenvalue weighted by Crippen LogP contribution is 2.13. The SMILES string of the molecule is CC(C)[C@H](NC(=O)Cc1ccccc1)C(=O)NCc1ccccc1CN1CCOCC1. The number of hydrogen-bond donors (Lipinski definition) is 2. The van der Waals surface area contributed by atoms with Gasteiger partial charge in [0.2, 0.25) is 11.8 Å². The highest BCUT2D eigenvalue weighted by atomic mass is 16.5. The Labute approximate surface area is 185 Å². The summed E-state index contributed by atoms with van der Waals surface area (Å²) in [6.45, 7) is 8.54. The van der Waals surface area contributed by atoms with Crippen LogP contribution in [0.4, 0.5) is 0 Å². The smallest absolute Gasteiger partial charge is 0.243 e. The van der Waals surface area contributed by atoms with Crippen molar-refractivity contribution in [3.05, 3.63) is 71.3 Å². The van der Waals surface area contributed by atoms with E-state index in [4.69, 9.17) is 4.74 Å². The lowest BCUT2D eigenvalue weighted by Crippen LogP contribution is -2.50. The molecule has 0 aromatic heterocycles. The number of nitrogens with zero attached hydrogens (tertiary/aromatic N) is 1. The predicted octanol–water partition coefficient (Wildman–Crippen LogP) is 2.52. The fraction of sp³-hybridized carbons (Fsp3) is 0.440. The summed E-state index contributed by atoms with van der Waals surface area (Å²) < 4.78 is 5.43. The first-order chi connectivity index (χ1) is 15.0. The van der Waals surface area contributed by atoms with Crippen LogP contribution in [0.25, 0.3) is 0 Å². The van der Waals surface area contributed by atoms with Crippen LogP contribution in [0, 0.1) is 5.92 Å². The molecule has 6 nitrogen and oxygen atoms in total. The highest BCUT2D eigenvalue weighted by Gasteiger charge is 2.24. The minimum Gasteiger partial charge on any atom is -0.379 e. The molecule has 1 heterocycles. The van der Waals surface area contributed by atoms with E-state index in [1.165, 1.54) is 5.56 Å². The van der Waals surface area contributed by atoms with E-state index in [2.05, 4.69) is 27.7 Å². The van der Waals surface area contributed by atoms with Crippen LogP contribution in [-0.2, 0) is 33.8 Å². The first-order valence-corrected chi connectivity index (χ1v) is 11.0. The van der Waals surface area contributed by atoms with Gasteiger partial charge in [-0.1, -0.05) is 68.4 Å². The largest absolute Gasteiger partial charge is 0.379 e. The van der Waals surface area contributed by atoms with Crippen molar-refractivity contribution in [2.45, 2.75) is 39.4 Å². The lowest BCUT2D eigenvalue weighted by atomic mass is 10.0. The van der Waals surface area contributed by atoms with Gasteiger partial charge in [-0.15, -0.1) is 0 Å². The fourth-order valence-electron chi connectivity index (χ4n) is 3.72. The summed E-state index contributed by atoms with van der Waals surface area (Å²) in [6, 6.07) is 17.2. The van der Waals surface area contributed by atoms with Crippen molar-refractivity contribution in [3.63, 3.8) is 0 Å². The molecule has 166 valence electrons. The lowest BCUT2D eigenvalue weighted by Gasteiger charge is -2.27. The second kappa shape index (κ2) is 11.6. The molecule has 2 aromatic carbocycles. The second-order valence-corrected chi connectivity index (χ2v) is 8.33. The molecular weight excluding hydrogens is 390 g/mol. The van der Waals surface area contributed by atoms with Gasteiger partial charge < -0.3 is 15.4 Å². The van der Waals surface area contributed by atoms with E-state index < -0.39 is 6.04 Å². The van der Waals surface area contributed by atoms with Gasteiger partial charge in [-0.2, -0.15) is 0 Å². The quantitative estimate of drug-likeness (QED) is 0.650. The maximum Gasteiger partial charge on any atom is 0.243 e. The Kier molecular flexibility index (Phi) is 8.62. The van der Waals surface area contributed by atoms with Gasteiger partial charge in [0.15, 0.2) is 0 Å². The molecule has 2 N–H and O–H groups in total. The number of morpholine rings is 1. The van der Waals surface area contributed by atoms with Crippen molar-refractivity contribution in [3.8, 4) is 0 Å². The zero-order valence-corrected chi connectivity index (χ0v) is 18.5. The van der Waals surface area contributed by atoms with Crippen LogP contribution in [0.1, 0.15) is 30.5 Å². The molecule has 1 fully saturated rings. The fourth-order valence-corrected chi connectivity index (χ4v) is 3.72. The predicted molar refractivity (Wildman–Crippen MR) is 121 cm³/mol. The zero-order chi connectivity index (χ0) is 22.1. The Morgan fingerprint density at radius 2 is 1.61 bits per heavy atom. The number of benzene rings is 2. The molecule has 0 aliphatic carbocycles. The van der Waals surface area contributed by atoms with Crippen molar-refractivity contribution in [2.75, 3.05) is 26.3 Å². The summed E-state index contributed by atoms with van der Waals surface area (Å²) in [7, 11) is 0. The molecule has 31 heavy (non-hydrogen) atoms. The third-order valence-corrected chi connectivity index (χ3v) is 5.54. The minimum atomic E-state index is -0.567. The van der Waals surface area contributed by atoms with Crippen molar-refractivity contribution in [1.82, 2.24) is 15.5 Å². The molecule has 1 aliphatic heterocycles. The van der Waals surface area contributed by atoms with Crippen LogP contribution in [0.2, 0.25) is 0 Å². The van der Waals surface area contributed by atoms with Crippen LogP contribution in [0.5, 0.6) is 0 Å². The van der Waals surface area contributed by atoms with Crippen LogP contribution >= 0.6 is 0 Å². The van der Waals surface area contributed by atoms with Crippen molar-refractivity contribution >= 4 is 11.8 Å². The molecule has 2 aromatic rings. The Balaban J connectivity index is 1.57. The van der Waals surface area contributed by atoms with E-state index >= 15 is 0 Å². The number of hydrogen-bond acceptors (Lipinski definition) is 4. The summed E-state index contributed by atoms with van der Waals surface area (Å²) in [5.74, 6) is -0.311. The molecule has 0 saturated carbocycles. The van der Waals surface area contributed by atoms with Gasteiger partial charge in [-0.05, 0) is 22.6 Å². The average Bonchev–Trinajstić information content (AvgIpc) is 2.78. The molecular formula is C25H33N3O3. The van der Waals surface area contributed by atoms with Gasteiger partial charge in [0.1, 0.15) is 6.04 Å². The Morgan fingerprint density at radius 3 is 2.29 bits per heavy atom. The Bertz CT molecular complexity index is 848. The second-order valence-electron chi connectivity index (χ2n) is 8.33. The molecule has 6 heteroatoms. The van der Waals surface area contributed by atoms with Crippen LogP contribution in [0.15, 0.2) is 54.6 Å². The molecule has 1 aliphatic rings. The van der Waals surface area contributed by atoms with Gasteiger partial charge in [-0.3, -0.25) is 14.5 Å². The van der Waals surface area contributed by atoms with Gasteiger partial charge in [-0.25, -0.2) is 0 Å². The Morgan fingerprint density at radius 1 is 0.968 bits per heavy atom. The number of amides is 2. The Hall–Kier alpha value is -2.70. The molecule has 0 bridgehead atoms. The normalized spacial score (nSPS) is 15.5. The van der Waals surface area contributed by atoms with Crippen molar-refractivity contribution in [2.24, 2.45) is 5.92 Å². The first kappa shape index (κ1) is 23.0. The monoisotopic (exact) mass is 423 g/mol. The molecule has 0 radical (unpaired) electrons. The summed E-state index contributed by atoms with van der Waals surface area (Å²) in [6.07, 6.45) is 0.264. The van der Waals surface area contributed by atoms with Gasteiger partial charge in [0.05, 0.1) is 19.6 Å². The van der Waals surface area contributed by atoms with Crippen LogP contribution in [-0.4, -0.2) is 49.1 Å². The summed E-state index contributed by atoms with van der Waals surface area (Å²) in [4.78, 5) is 27.7. The zero-order valence-electron chi connectivity index (χ0n) is 18.5. The van der Waals surface area contributed by atoms with E-state index in [9.17, 15) is 9.59 Å². The minimum absolute atomic E-state index is 0.0108. The van der Waals surface area contributed by atoms with E-state index in [1.54, 1.807) is 0 Å². The maximum atomic E-state index is 12.9. The molecule has 0 spiro atoms. The molecule has 3 rings (SSSR count). The van der Waals surface area contributed by atoms with E-state index in [0.717, 1.165) is 44.0 Å². The number of carbonyl (C=O) groups is 2.